The average molecular weight is 364 g/mol. The van der Waals surface area contributed by atoms with Gasteiger partial charge in [-0.15, -0.1) is 0 Å². The molecule has 2 nitrogen and oxygen atoms in total. The van der Waals surface area contributed by atoms with E-state index in [1.54, 1.807) is 24.3 Å². The third kappa shape index (κ3) is 3.86. The van der Waals surface area contributed by atoms with E-state index in [4.69, 9.17) is 0 Å². The van der Waals surface area contributed by atoms with Crippen LogP contribution in [0.25, 0.3) is 0 Å². The first-order chi connectivity index (χ1) is 12.5. The van der Waals surface area contributed by atoms with Crippen LogP contribution in [-0.2, 0) is 9.36 Å². The van der Waals surface area contributed by atoms with Crippen molar-refractivity contribution >= 4 is 23.3 Å². The molecule has 0 bridgehead atoms. The van der Waals surface area contributed by atoms with Gasteiger partial charge >= 0.3 is 0 Å². The molecule has 0 spiro atoms. The number of rotatable bonds is 6. The van der Waals surface area contributed by atoms with E-state index in [1.807, 2.05) is 82.3 Å². The van der Waals surface area contributed by atoms with Gasteiger partial charge in [0.2, 0.25) is 12.7 Å². The Hall–Kier alpha value is -2.44. The van der Waals surface area contributed by atoms with Crippen LogP contribution in [0.1, 0.15) is 27.7 Å². The van der Waals surface area contributed by atoms with Crippen molar-refractivity contribution in [3.8, 4) is 0 Å². The van der Waals surface area contributed by atoms with Crippen molar-refractivity contribution in [3.63, 3.8) is 0 Å². The third-order valence-corrected chi connectivity index (χ3v) is 7.22. The molecule has 134 valence electrons. The van der Waals surface area contributed by atoms with Crippen molar-refractivity contribution in [1.29, 1.82) is 0 Å². The maximum Gasteiger partial charge on any atom is 0.230 e. The molecule has 0 saturated carbocycles. The molecule has 0 unspecified atom stereocenters. The normalized spacial score (nSPS) is 13.6. The van der Waals surface area contributed by atoms with Crippen molar-refractivity contribution in [3.05, 3.63) is 95.6 Å². The Morgan fingerprint density at radius 2 is 1.31 bits per heavy atom. The second-order valence-corrected chi connectivity index (χ2v) is 8.77. The lowest BCUT2D eigenvalue weighted by atomic mass is 10.0. The summed E-state index contributed by atoms with van der Waals surface area (Å²) in [4.78, 5) is 13.7. The smallest absolute Gasteiger partial charge is 0.230 e. The van der Waals surface area contributed by atoms with Crippen LogP contribution < -0.4 is 10.6 Å². The number of benzene rings is 2. The minimum absolute atomic E-state index is 0.318. The lowest BCUT2D eigenvalue weighted by Crippen LogP contribution is -2.24. The van der Waals surface area contributed by atoms with Gasteiger partial charge in [0, 0.05) is 16.2 Å². The fraction of sp³-hybridized carbons (Fsp3) is 0.174. The molecule has 0 radical (unpaired) electrons. The first kappa shape index (κ1) is 19.9. The van der Waals surface area contributed by atoms with Gasteiger partial charge in [0.15, 0.2) is 0 Å². The van der Waals surface area contributed by atoms with Crippen molar-refractivity contribution in [2.75, 3.05) is 0 Å². The number of allylic oxidation sites excluding steroid dienone is 6. The molecule has 0 aromatic heterocycles. The maximum atomic E-state index is 14.3. The molecule has 3 heteroatoms. The minimum atomic E-state index is -3.49. The molecular formula is C23H25O2P. The molecule has 2 aromatic carbocycles. The Labute approximate surface area is 156 Å². The summed E-state index contributed by atoms with van der Waals surface area (Å²) in [5.41, 5.74) is 1.86. The van der Waals surface area contributed by atoms with Gasteiger partial charge in [-0.2, -0.15) is 0 Å². The number of hydrogen-bond acceptors (Lipinski definition) is 2. The minimum Gasteiger partial charge on any atom is -0.305 e. The second kappa shape index (κ2) is 8.78. The van der Waals surface area contributed by atoms with E-state index < -0.39 is 7.14 Å². The fourth-order valence-corrected chi connectivity index (χ4v) is 5.56. The molecule has 0 amide bonds. The first-order valence-corrected chi connectivity index (χ1v) is 10.4. The lowest BCUT2D eigenvalue weighted by molar-refractivity contribution is -0.108. The highest BCUT2D eigenvalue weighted by Gasteiger charge is 2.38. The van der Waals surface area contributed by atoms with Crippen LogP contribution >= 0.6 is 7.14 Å². The number of hydrogen-bond donors (Lipinski definition) is 0. The van der Waals surface area contributed by atoms with Gasteiger partial charge < -0.3 is 4.57 Å². The van der Waals surface area contributed by atoms with E-state index in [1.165, 1.54) is 0 Å². The lowest BCUT2D eigenvalue weighted by Gasteiger charge is -2.21. The molecule has 2 rings (SSSR count). The van der Waals surface area contributed by atoms with E-state index in [9.17, 15) is 9.36 Å². The fourth-order valence-electron chi connectivity index (χ4n) is 2.94. The summed E-state index contributed by atoms with van der Waals surface area (Å²) in [5, 5.41) is 1.12. The van der Waals surface area contributed by atoms with E-state index in [2.05, 4.69) is 0 Å². The summed E-state index contributed by atoms with van der Waals surface area (Å²) in [6.45, 7) is 7.58. The Bertz CT molecular complexity index is 860. The van der Waals surface area contributed by atoms with Crippen molar-refractivity contribution in [2.45, 2.75) is 27.7 Å². The summed E-state index contributed by atoms with van der Waals surface area (Å²) >= 11 is 0. The molecular weight excluding hydrogens is 339 g/mol. The van der Waals surface area contributed by atoms with Crippen molar-refractivity contribution in [2.24, 2.45) is 0 Å². The van der Waals surface area contributed by atoms with E-state index >= 15 is 0 Å². The van der Waals surface area contributed by atoms with Crippen molar-refractivity contribution < 1.29 is 9.36 Å². The summed E-state index contributed by atoms with van der Waals surface area (Å²) < 4.78 is 14.3. The topological polar surface area (TPSA) is 34.1 Å². The molecule has 0 aliphatic heterocycles. The molecule has 0 fully saturated rings. The van der Waals surface area contributed by atoms with E-state index in [0.717, 1.165) is 11.1 Å². The van der Waals surface area contributed by atoms with Gasteiger partial charge in [-0.05, 0) is 38.8 Å². The van der Waals surface area contributed by atoms with Gasteiger partial charge in [-0.1, -0.05) is 78.9 Å². The molecule has 0 heterocycles. The number of carbonyl (C=O) groups excluding carboxylic acids is 1. The molecule has 0 aliphatic carbocycles. The Morgan fingerprint density at radius 3 is 1.69 bits per heavy atom. The zero-order valence-electron chi connectivity index (χ0n) is 15.8. The summed E-state index contributed by atoms with van der Waals surface area (Å²) in [7, 11) is -3.49. The van der Waals surface area contributed by atoms with E-state index in [-0.39, 0.29) is 5.52 Å². The number of carbonyl (C=O) groups is 1. The summed E-state index contributed by atoms with van der Waals surface area (Å²) in [6.07, 6.45) is 5.67. The second-order valence-electron chi connectivity index (χ2n) is 6.12. The van der Waals surface area contributed by atoms with Gasteiger partial charge in [-0.3, -0.25) is 4.79 Å². The van der Waals surface area contributed by atoms with Crippen LogP contribution in [0.15, 0.2) is 95.6 Å². The van der Waals surface area contributed by atoms with Crippen LogP contribution in [-0.4, -0.2) is 5.52 Å². The van der Waals surface area contributed by atoms with Gasteiger partial charge in [0.25, 0.3) is 0 Å². The van der Waals surface area contributed by atoms with Gasteiger partial charge in [-0.25, -0.2) is 0 Å². The summed E-state index contributed by atoms with van der Waals surface area (Å²) in [5.74, 6) is 0. The molecule has 2 aromatic rings. The van der Waals surface area contributed by atoms with Crippen LogP contribution in [0, 0.1) is 0 Å². The highest BCUT2D eigenvalue weighted by Crippen LogP contribution is 2.48. The molecule has 0 atom stereocenters. The summed E-state index contributed by atoms with van der Waals surface area (Å²) in [6, 6.07) is 18.1. The largest absolute Gasteiger partial charge is 0.305 e. The predicted octanol–water partition coefficient (Wildman–Crippen LogP) is 5.39. The van der Waals surface area contributed by atoms with Crippen LogP contribution in [0.5, 0.6) is 0 Å². The van der Waals surface area contributed by atoms with Crippen LogP contribution in [0.4, 0.5) is 0 Å². The maximum absolute atomic E-state index is 14.3. The Balaban J connectivity index is 2.80. The van der Waals surface area contributed by atoms with Crippen LogP contribution in [0.2, 0.25) is 0 Å². The highest BCUT2D eigenvalue weighted by atomic mass is 31.2. The zero-order chi connectivity index (χ0) is 19.2. The standard InChI is InChI=1S/C23H25O2P/c1-5-13-19(4)22(18(3)6-2)23(24)26(25,20-14-9-7-10-15-20)21-16-11-8-12-17-21/h5-17H,1-4H3/b13-5+,18-6-,22-19+. The molecule has 0 aliphatic rings. The molecule has 0 N–H and O–H groups in total. The highest BCUT2D eigenvalue weighted by molar-refractivity contribution is 7.93. The Kier molecular flexibility index (Phi) is 6.71. The zero-order valence-corrected chi connectivity index (χ0v) is 16.7. The van der Waals surface area contributed by atoms with Gasteiger partial charge in [0.05, 0.1) is 0 Å². The van der Waals surface area contributed by atoms with Crippen LogP contribution in [0.3, 0.4) is 0 Å². The third-order valence-electron chi connectivity index (χ3n) is 4.38. The average Bonchev–Trinajstić information content (AvgIpc) is 2.68. The first-order valence-electron chi connectivity index (χ1n) is 8.69. The monoisotopic (exact) mass is 364 g/mol. The van der Waals surface area contributed by atoms with Gasteiger partial charge in [0.1, 0.15) is 0 Å². The molecule has 26 heavy (non-hydrogen) atoms. The molecule has 0 saturated heterocycles. The predicted molar refractivity (Wildman–Crippen MR) is 112 cm³/mol. The van der Waals surface area contributed by atoms with E-state index in [0.29, 0.717) is 16.2 Å². The SMILES string of the molecule is C\C=C(C)/C(C(=O)P(=O)(c1ccccc1)c1ccccc1)=C(C)\C=C\C. The quantitative estimate of drug-likeness (QED) is 0.391. The van der Waals surface area contributed by atoms with Crippen molar-refractivity contribution in [1.82, 2.24) is 0 Å². The Morgan fingerprint density at radius 1 is 0.846 bits per heavy atom.